The Morgan fingerprint density at radius 3 is 1.71 bits per heavy atom. The van der Waals surface area contributed by atoms with Crippen LogP contribution in [0, 0.1) is 41.5 Å². The van der Waals surface area contributed by atoms with Gasteiger partial charge in [-0.1, -0.05) is 35.4 Å². The Kier molecular flexibility index (Phi) is 5.62. The van der Waals surface area contributed by atoms with Crippen LogP contribution in [0.4, 0.5) is 11.4 Å². The fourth-order valence-corrected chi connectivity index (χ4v) is 4.46. The molecule has 1 fully saturated rings. The highest BCUT2D eigenvalue weighted by Gasteiger charge is 2.29. The maximum absolute atomic E-state index is 2.57. The van der Waals surface area contributed by atoms with Crippen LogP contribution in [0.2, 0.25) is 0 Å². The molecule has 0 spiro atoms. The van der Waals surface area contributed by atoms with E-state index in [-0.39, 0.29) is 12.4 Å². The normalized spacial score (nSPS) is 17.1. The first-order chi connectivity index (χ1) is 10.9. The number of halogens is 1. The molecule has 0 radical (unpaired) electrons. The van der Waals surface area contributed by atoms with E-state index in [4.69, 9.17) is 0 Å². The lowest BCUT2D eigenvalue weighted by molar-refractivity contribution is -0.817. The second-order valence-electron chi connectivity index (χ2n) is 7.30. The fraction of sp³-hybridized carbons (Fsp3) is 0.429. The minimum atomic E-state index is 0. The molecule has 0 aromatic heterocycles. The Hall–Kier alpha value is -1.51. The molecule has 0 bridgehead atoms. The molecule has 2 aromatic carbocycles. The third-order valence-corrected chi connectivity index (χ3v) is 5.05. The number of benzene rings is 2. The van der Waals surface area contributed by atoms with Gasteiger partial charge in [-0.05, 0) is 52.7 Å². The number of nitrogens with zero attached hydrogens (tertiary/aromatic N) is 1. The molecular weight excluding hydrogens is 316 g/mol. The van der Waals surface area contributed by atoms with Crippen molar-refractivity contribution in [3.8, 4) is 0 Å². The molecule has 2 aromatic rings. The first-order valence-corrected chi connectivity index (χ1v) is 8.62. The van der Waals surface area contributed by atoms with Crippen LogP contribution in [0.1, 0.15) is 33.4 Å². The second-order valence-corrected chi connectivity index (χ2v) is 7.30. The zero-order valence-corrected chi connectivity index (χ0v) is 16.5. The van der Waals surface area contributed by atoms with Gasteiger partial charge in [0, 0.05) is 16.8 Å². The SMILES string of the molecule is Cc1cc(C)c(N2CC[NH+](c3c(C)cc(C)cc3C)C2)c(C)c1.[Cl-]. The van der Waals surface area contributed by atoms with E-state index < -0.39 is 0 Å². The Morgan fingerprint density at radius 2 is 1.21 bits per heavy atom. The van der Waals surface area contributed by atoms with Crippen LogP contribution in [0.25, 0.3) is 0 Å². The van der Waals surface area contributed by atoms with E-state index in [1.54, 1.807) is 4.90 Å². The van der Waals surface area contributed by atoms with E-state index >= 15 is 0 Å². The van der Waals surface area contributed by atoms with Crippen LogP contribution in [-0.2, 0) is 0 Å². The van der Waals surface area contributed by atoms with Gasteiger partial charge in [0.2, 0.25) is 0 Å². The average Bonchev–Trinajstić information content (AvgIpc) is 2.85. The summed E-state index contributed by atoms with van der Waals surface area (Å²) in [6.07, 6.45) is 0. The number of hydrogen-bond donors (Lipinski definition) is 1. The first kappa shape index (κ1) is 18.8. The zero-order valence-electron chi connectivity index (χ0n) is 15.8. The molecule has 3 rings (SSSR count). The highest BCUT2D eigenvalue weighted by atomic mass is 35.5. The summed E-state index contributed by atoms with van der Waals surface area (Å²) in [6, 6.07) is 9.26. The second kappa shape index (κ2) is 7.16. The molecule has 1 aliphatic rings. The van der Waals surface area contributed by atoms with E-state index in [2.05, 4.69) is 70.7 Å². The van der Waals surface area contributed by atoms with Gasteiger partial charge in [0.15, 0.2) is 6.67 Å². The quantitative estimate of drug-likeness (QED) is 0.835. The molecule has 0 amide bonds. The van der Waals surface area contributed by atoms with Crippen molar-refractivity contribution in [2.24, 2.45) is 0 Å². The van der Waals surface area contributed by atoms with Crippen molar-refractivity contribution in [2.45, 2.75) is 41.5 Å². The maximum Gasteiger partial charge on any atom is 0.157 e. The zero-order chi connectivity index (χ0) is 16.7. The van der Waals surface area contributed by atoms with Crippen LogP contribution >= 0.6 is 0 Å². The Bertz CT molecular complexity index is 642. The van der Waals surface area contributed by atoms with Gasteiger partial charge in [-0.2, -0.15) is 0 Å². The molecule has 1 atom stereocenters. The lowest BCUT2D eigenvalue weighted by Crippen LogP contribution is -3.06. The molecule has 1 heterocycles. The van der Waals surface area contributed by atoms with Crippen molar-refractivity contribution in [3.63, 3.8) is 0 Å². The molecule has 1 N–H and O–H groups in total. The molecule has 130 valence electrons. The summed E-state index contributed by atoms with van der Waals surface area (Å²) >= 11 is 0. The number of aryl methyl sites for hydroxylation is 6. The summed E-state index contributed by atoms with van der Waals surface area (Å²) in [7, 11) is 0. The van der Waals surface area contributed by atoms with Crippen LogP contribution < -0.4 is 22.2 Å². The molecule has 0 aliphatic carbocycles. The summed E-state index contributed by atoms with van der Waals surface area (Å²) in [5.41, 5.74) is 11.3. The highest BCUT2D eigenvalue weighted by molar-refractivity contribution is 5.60. The lowest BCUT2D eigenvalue weighted by Gasteiger charge is -2.23. The number of rotatable bonds is 2. The van der Waals surface area contributed by atoms with Crippen molar-refractivity contribution in [2.75, 3.05) is 24.7 Å². The number of quaternary nitrogens is 1. The summed E-state index contributed by atoms with van der Waals surface area (Å²) < 4.78 is 0. The highest BCUT2D eigenvalue weighted by Crippen LogP contribution is 2.27. The molecule has 1 aliphatic heterocycles. The summed E-state index contributed by atoms with van der Waals surface area (Å²) in [6.45, 7) is 16.8. The van der Waals surface area contributed by atoms with Crippen molar-refractivity contribution in [3.05, 3.63) is 57.6 Å². The smallest absolute Gasteiger partial charge is 0.157 e. The average molecular weight is 345 g/mol. The van der Waals surface area contributed by atoms with Crippen LogP contribution in [0.3, 0.4) is 0 Å². The van der Waals surface area contributed by atoms with E-state index in [0.717, 1.165) is 13.2 Å². The third-order valence-electron chi connectivity index (χ3n) is 5.05. The lowest BCUT2D eigenvalue weighted by atomic mass is 10.0. The first-order valence-electron chi connectivity index (χ1n) is 8.62. The van der Waals surface area contributed by atoms with Crippen molar-refractivity contribution < 1.29 is 17.3 Å². The molecule has 1 saturated heterocycles. The van der Waals surface area contributed by atoms with Gasteiger partial charge in [-0.3, -0.25) is 4.90 Å². The van der Waals surface area contributed by atoms with Crippen molar-refractivity contribution >= 4 is 11.4 Å². The molecular formula is C21H29ClN2. The Labute approximate surface area is 152 Å². The standard InChI is InChI=1S/C21H28N2.ClH/c1-14-9-16(3)20(17(4)10-14)22-7-8-23(13-22)21-18(5)11-15(2)12-19(21)6;/h9-12H,7-8,13H2,1-6H3;1H. The third kappa shape index (κ3) is 3.45. The topological polar surface area (TPSA) is 7.68 Å². The summed E-state index contributed by atoms with van der Waals surface area (Å²) in [5.74, 6) is 0. The van der Waals surface area contributed by atoms with E-state index in [1.807, 2.05) is 0 Å². The van der Waals surface area contributed by atoms with Gasteiger partial charge in [0.25, 0.3) is 0 Å². The predicted octanol–water partition coefficient (Wildman–Crippen LogP) is 0.535. The van der Waals surface area contributed by atoms with Gasteiger partial charge in [0.05, 0.1) is 6.54 Å². The van der Waals surface area contributed by atoms with Crippen molar-refractivity contribution in [1.29, 1.82) is 0 Å². The van der Waals surface area contributed by atoms with E-state index in [1.165, 1.54) is 51.3 Å². The van der Waals surface area contributed by atoms with Crippen LogP contribution in [0.5, 0.6) is 0 Å². The van der Waals surface area contributed by atoms with Gasteiger partial charge < -0.3 is 17.3 Å². The largest absolute Gasteiger partial charge is 1.00 e. The summed E-state index contributed by atoms with van der Waals surface area (Å²) in [4.78, 5) is 4.16. The molecule has 1 unspecified atom stereocenters. The minimum Gasteiger partial charge on any atom is -1.00 e. The maximum atomic E-state index is 2.57. The van der Waals surface area contributed by atoms with E-state index in [9.17, 15) is 0 Å². The molecule has 2 nitrogen and oxygen atoms in total. The molecule has 3 heteroatoms. The molecule has 24 heavy (non-hydrogen) atoms. The Balaban J connectivity index is 0.00000208. The summed E-state index contributed by atoms with van der Waals surface area (Å²) in [5, 5.41) is 0. The van der Waals surface area contributed by atoms with Gasteiger partial charge in [-0.15, -0.1) is 0 Å². The minimum absolute atomic E-state index is 0. The van der Waals surface area contributed by atoms with Gasteiger partial charge in [-0.25, -0.2) is 0 Å². The fourth-order valence-electron chi connectivity index (χ4n) is 4.46. The Morgan fingerprint density at radius 1 is 0.750 bits per heavy atom. The van der Waals surface area contributed by atoms with E-state index in [0.29, 0.717) is 0 Å². The number of hydrogen-bond acceptors (Lipinski definition) is 1. The predicted molar refractivity (Wildman–Crippen MR) is 99.0 cm³/mol. The van der Waals surface area contributed by atoms with Crippen molar-refractivity contribution in [1.82, 2.24) is 0 Å². The van der Waals surface area contributed by atoms with Gasteiger partial charge >= 0.3 is 0 Å². The molecule has 0 saturated carbocycles. The number of nitrogens with one attached hydrogen (secondary N) is 1. The van der Waals surface area contributed by atoms with Crippen LogP contribution in [-0.4, -0.2) is 19.8 Å². The van der Waals surface area contributed by atoms with Crippen LogP contribution in [0.15, 0.2) is 24.3 Å². The number of anilines is 1. The van der Waals surface area contributed by atoms with Gasteiger partial charge in [0.1, 0.15) is 12.2 Å². The monoisotopic (exact) mass is 344 g/mol.